The number of hydrogen-bond acceptors (Lipinski definition) is 5. The molecule has 40 heavy (non-hydrogen) atoms. The molecule has 0 spiro atoms. The van der Waals surface area contributed by atoms with Gasteiger partial charge in [0.15, 0.2) is 27.2 Å². The second kappa shape index (κ2) is 9.74. The van der Waals surface area contributed by atoms with E-state index < -0.39 is 27.5 Å². The average molecular weight is 570 g/mol. The van der Waals surface area contributed by atoms with Crippen LogP contribution in [0.15, 0.2) is 76.2 Å². The third-order valence-electron chi connectivity index (χ3n) is 6.45. The van der Waals surface area contributed by atoms with Crippen molar-refractivity contribution in [2.75, 3.05) is 6.26 Å². The molecule has 0 aliphatic rings. The highest BCUT2D eigenvalue weighted by atomic mass is 32.2. The molecule has 0 aliphatic heterocycles. The molecule has 11 heteroatoms. The van der Waals surface area contributed by atoms with Gasteiger partial charge < -0.3 is 8.98 Å². The molecular formula is C29H23F4N3O3S. The number of aryl methyl sites for hydroxylation is 3. The van der Waals surface area contributed by atoms with Gasteiger partial charge in [-0.1, -0.05) is 30.3 Å². The second-order valence-electron chi connectivity index (χ2n) is 9.45. The molecule has 0 aliphatic carbocycles. The maximum Gasteiger partial charge on any atom is 0.434 e. The van der Waals surface area contributed by atoms with Crippen LogP contribution in [0.4, 0.5) is 17.6 Å². The molecule has 0 fully saturated rings. The fourth-order valence-electron chi connectivity index (χ4n) is 4.41. The molecule has 3 aromatic carbocycles. The lowest BCUT2D eigenvalue weighted by atomic mass is 9.97. The summed E-state index contributed by atoms with van der Waals surface area (Å²) in [5.41, 5.74) is 1.90. The molecule has 0 bridgehead atoms. The summed E-state index contributed by atoms with van der Waals surface area (Å²) in [7, 11) is -3.49. The van der Waals surface area contributed by atoms with E-state index >= 15 is 0 Å². The average Bonchev–Trinajstić information content (AvgIpc) is 3.47. The van der Waals surface area contributed by atoms with Crippen LogP contribution in [0.25, 0.3) is 39.4 Å². The van der Waals surface area contributed by atoms with E-state index in [1.165, 1.54) is 29.7 Å². The zero-order chi connectivity index (χ0) is 29.0. The molecule has 2 heterocycles. The molecule has 2 aromatic heterocycles. The van der Waals surface area contributed by atoms with E-state index in [0.29, 0.717) is 33.5 Å². The first-order valence-electron chi connectivity index (χ1n) is 12.0. The summed E-state index contributed by atoms with van der Waals surface area (Å²) < 4.78 is 86.6. The van der Waals surface area contributed by atoms with Crippen LogP contribution in [0, 0.1) is 26.6 Å². The second-order valence-corrected chi connectivity index (χ2v) is 11.5. The van der Waals surface area contributed by atoms with E-state index in [4.69, 9.17) is 4.42 Å². The number of hydrogen-bond donors (Lipinski definition) is 0. The maximum atomic E-state index is 14.5. The largest absolute Gasteiger partial charge is 0.440 e. The molecular weight excluding hydrogens is 546 g/mol. The molecule has 0 N–H and O–H groups in total. The SMILES string of the molecule is Cc1nc(-c2cc(-c3cccc(S(C)(=O)=O)c3)ccc2-n2cc(C(F)(F)F)nc2C)c(-c2ccc(C)c(F)c2)o1. The van der Waals surface area contributed by atoms with Crippen molar-refractivity contribution in [3.63, 3.8) is 0 Å². The van der Waals surface area contributed by atoms with E-state index in [0.717, 1.165) is 12.5 Å². The third kappa shape index (κ3) is 5.16. The predicted octanol–water partition coefficient (Wildman–Crippen LogP) is 7.35. The summed E-state index contributed by atoms with van der Waals surface area (Å²) in [6.07, 6.45) is -2.65. The van der Waals surface area contributed by atoms with Crippen molar-refractivity contribution in [3.05, 3.63) is 95.7 Å². The summed E-state index contributed by atoms with van der Waals surface area (Å²) in [5, 5.41) is 0. The summed E-state index contributed by atoms with van der Waals surface area (Å²) in [6.45, 7) is 4.69. The first kappa shape index (κ1) is 27.3. The number of oxazole rings is 1. The quantitative estimate of drug-likeness (QED) is 0.207. The number of imidazole rings is 1. The molecule has 0 radical (unpaired) electrons. The standard InChI is InChI=1S/C29H23F4N3O3S/c1-16-8-9-21(14-24(16)30)28-27(35-18(3)39-28)23-13-20(19-6-5-7-22(12-19)40(4,37)38)10-11-25(23)36-15-26(29(31,32)33)34-17(36)2/h5-15H,1-4H3. The number of benzene rings is 3. The smallest absolute Gasteiger partial charge is 0.434 e. The number of nitrogens with zero attached hydrogens (tertiary/aromatic N) is 3. The van der Waals surface area contributed by atoms with Gasteiger partial charge in [0.05, 0.1) is 10.6 Å². The van der Waals surface area contributed by atoms with Gasteiger partial charge >= 0.3 is 6.18 Å². The third-order valence-corrected chi connectivity index (χ3v) is 7.56. The van der Waals surface area contributed by atoms with Crippen LogP contribution in [-0.4, -0.2) is 29.2 Å². The Morgan fingerprint density at radius 3 is 2.23 bits per heavy atom. The minimum Gasteiger partial charge on any atom is -0.440 e. The molecule has 206 valence electrons. The van der Waals surface area contributed by atoms with Crippen molar-refractivity contribution < 1.29 is 30.4 Å². The summed E-state index contributed by atoms with van der Waals surface area (Å²) in [4.78, 5) is 8.34. The van der Waals surface area contributed by atoms with Crippen LogP contribution in [0.3, 0.4) is 0 Å². The molecule has 5 aromatic rings. The van der Waals surface area contributed by atoms with Crippen molar-refractivity contribution in [2.24, 2.45) is 0 Å². The van der Waals surface area contributed by atoms with Crippen molar-refractivity contribution in [3.8, 4) is 39.4 Å². The van der Waals surface area contributed by atoms with Crippen LogP contribution in [0.1, 0.15) is 23.0 Å². The lowest BCUT2D eigenvalue weighted by molar-refractivity contribution is -0.141. The van der Waals surface area contributed by atoms with Gasteiger partial charge in [-0.25, -0.2) is 22.8 Å². The van der Waals surface area contributed by atoms with Crippen LogP contribution in [0.5, 0.6) is 0 Å². The zero-order valence-electron chi connectivity index (χ0n) is 21.8. The Balaban J connectivity index is 1.78. The van der Waals surface area contributed by atoms with Crippen LogP contribution >= 0.6 is 0 Å². The Labute approximate surface area is 227 Å². The molecule has 6 nitrogen and oxygen atoms in total. The highest BCUT2D eigenvalue weighted by Gasteiger charge is 2.35. The molecule has 0 atom stereocenters. The van der Waals surface area contributed by atoms with E-state index in [1.807, 2.05) is 0 Å². The van der Waals surface area contributed by atoms with Crippen molar-refractivity contribution in [1.82, 2.24) is 14.5 Å². The Morgan fingerprint density at radius 2 is 1.57 bits per heavy atom. The number of halogens is 4. The van der Waals surface area contributed by atoms with Gasteiger partial charge in [0.2, 0.25) is 0 Å². The van der Waals surface area contributed by atoms with Gasteiger partial charge in [-0.2, -0.15) is 13.2 Å². The molecule has 5 rings (SSSR count). The summed E-state index contributed by atoms with van der Waals surface area (Å²) >= 11 is 0. The molecule has 0 saturated heterocycles. The van der Waals surface area contributed by atoms with Gasteiger partial charge in [0, 0.05) is 30.5 Å². The fraction of sp³-hybridized carbons (Fsp3) is 0.172. The van der Waals surface area contributed by atoms with E-state index in [2.05, 4.69) is 9.97 Å². The molecule has 0 saturated carbocycles. The van der Waals surface area contributed by atoms with E-state index in [1.54, 1.807) is 56.3 Å². The lowest BCUT2D eigenvalue weighted by Crippen LogP contribution is -2.05. The first-order valence-corrected chi connectivity index (χ1v) is 13.9. The topological polar surface area (TPSA) is 78.0 Å². The van der Waals surface area contributed by atoms with Crippen molar-refractivity contribution in [2.45, 2.75) is 31.8 Å². The monoisotopic (exact) mass is 569 g/mol. The Morgan fingerprint density at radius 1 is 0.875 bits per heavy atom. The minimum atomic E-state index is -4.66. The van der Waals surface area contributed by atoms with E-state index in [-0.39, 0.29) is 28.1 Å². The van der Waals surface area contributed by atoms with Gasteiger partial charge in [-0.15, -0.1) is 0 Å². The fourth-order valence-corrected chi connectivity index (χ4v) is 5.08. The van der Waals surface area contributed by atoms with Crippen molar-refractivity contribution in [1.29, 1.82) is 0 Å². The number of sulfone groups is 1. The minimum absolute atomic E-state index is 0.0866. The molecule has 0 unspecified atom stereocenters. The first-order chi connectivity index (χ1) is 18.7. The van der Waals surface area contributed by atoms with Gasteiger partial charge in [-0.3, -0.25) is 0 Å². The highest BCUT2D eigenvalue weighted by molar-refractivity contribution is 7.90. The van der Waals surface area contributed by atoms with Crippen LogP contribution in [0.2, 0.25) is 0 Å². The Bertz CT molecular complexity index is 1870. The number of alkyl halides is 3. The summed E-state index contributed by atoms with van der Waals surface area (Å²) in [5.74, 6) is 0.126. The van der Waals surface area contributed by atoms with Crippen molar-refractivity contribution >= 4 is 9.84 Å². The molecule has 0 amide bonds. The Kier molecular flexibility index (Phi) is 6.65. The predicted molar refractivity (Wildman–Crippen MR) is 142 cm³/mol. The zero-order valence-corrected chi connectivity index (χ0v) is 22.7. The van der Waals surface area contributed by atoms with Crippen LogP contribution in [-0.2, 0) is 16.0 Å². The highest BCUT2D eigenvalue weighted by Crippen LogP contribution is 2.40. The van der Waals surface area contributed by atoms with Gasteiger partial charge in [-0.05, 0) is 60.9 Å². The van der Waals surface area contributed by atoms with Crippen LogP contribution < -0.4 is 0 Å². The Hall–Kier alpha value is -4.25. The summed E-state index contributed by atoms with van der Waals surface area (Å²) in [6, 6.07) is 15.9. The lowest BCUT2D eigenvalue weighted by Gasteiger charge is -2.14. The van der Waals surface area contributed by atoms with Gasteiger partial charge in [0.1, 0.15) is 17.3 Å². The number of aromatic nitrogens is 3. The van der Waals surface area contributed by atoms with Gasteiger partial charge in [0.25, 0.3) is 0 Å². The number of rotatable bonds is 5. The van der Waals surface area contributed by atoms with E-state index in [9.17, 15) is 26.0 Å². The normalized spacial score (nSPS) is 12.2. The maximum absolute atomic E-state index is 14.5.